The fourth-order valence-electron chi connectivity index (χ4n) is 2.37. The van der Waals surface area contributed by atoms with Crippen molar-refractivity contribution < 1.29 is 14.3 Å². The van der Waals surface area contributed by atoms with Crippen LogP contribution in [0.1, 0.15) is 12.5 Å². The highest BCUT2D eigenvalue weighted by molar-refractivity contribution is 6.32. The van der Waals surface area contributed by atoms with Crippen molar-refractivity contribution in [3.8, 4) is 5.75 Å². The lowest BCUT2D eigenvalue weighted by Crippen LogP contribution is -2.37. The third-order valence-corrected chi connectivity index (χ3v) is 4.29. The molecule has 25 heavy (non-hydrogen) atoms. The Labute approximate surface area is 156 Å². The molecule has 2 aromatic rings. The van der Waals surface area contributed by atoms with E-state index in [9.17, 15) is 9.59 Å². The van der Waals surface area contributed by atoms with Crippen LogP contribution < -0.4 is 15.0 Å². The first kappa shape index (κ1) is 19.1. The van der Waals surface area contributed by atoms with Crippen molar-refractivity contribution in [2.75, 3.05) is 23.9 Å². The third-order valence-electron chi connectivity index (χ3n) is 3.65. The average molecular weight is 381 g/mol. The highest BCUT2D eigenvalue weighted by Gasteiger charge is 2.19. The standard InChI is InChI=1S/C18H18Cl2N2O3/c1-11-14(20)5-4-6-16(11)22(12(2)23)10-18(24)21-15-9-13(19)7-8-17(15)25-3/h4-9H,10H2,1-3H3,(H,21,24). The van der Waals surface area contributed by atoms with E-state index in [0.717, 1.165) is 5.56 Å². The number of hydrogen-bond donors (Lipinski definition) is 1. The van der Waals surface area contributed by atoms with E-state index in [1.807, 2.05) is 0 Å². The molecule has 7 heteroatoms. The molecule has 0 atom stereocenters. The van der Waals surface area contributed by atoms with E-state index >= 15 is 0 Å². The Morgan fingerprint density at radius 2 is 1.92 bits per heavy atom. The van der Waals surface area contributed by atoms with Crippen LogP contribution in [-0.4, -0.2) is 25.5 Å². The highest BCUT2D eigenvalue weighted by Crippen LogP contribution is 2.29. The van der Waals surface area contributed by atoms with E-state index in [0.29, 0.717) is 27.2 Å². The summed E-state index contributed by atoms with van der Waals surface area (Å²) in [5.41, 5.74) is 1.76. The predicted octanol–water partition coefficient (Wildman–Crippen LogP) is 4.30. The van der Waals surface area contributed by atoms with Gasteiger partial charge in [-0.2, -0.15) is 0 Å². The zero-order chi connectivity index (χ0) is 18.6. The van der Waals surface area contributed by atoms with Gasteiger partial charge in [-0.05, 0) is 42.8 Å². The minimum absolute atomic E-state index is 0.161. The van der Waals surface area contributed by atoms with Crippen molar-refractivity contribution in [1.29, 1.82) is 0 Å². The Balaban J connectivity index is 2.23. The van der Waals surface area contributed by atoms with Gasteiger partial charge in [0.05, 0.1) is 12.8 Å². The van der Waals surface area contributed by atoms with Crippen molar-refractivity contribution in [1.82, 2.24) is 0 Å². The SMILES string of the molecule is COc1ccc(Cl)cc1NC(=O)CN(C(C)=O)c1cccc(Cl)c1C. The lowest BCUT2D eigenvalue weighted by atomic mass is 10.1. The number of halogens is 2. The first-order valence-electron chi connectivity index (χ1n) is 7.50. The quantitative estimate of drug-likeness (QED) is 0.840. The van der Waals surface area contributed by atoms with E-state index in [-0.39, 0.29) is 18.4 Å². The molecule has 0 bridgehead atoms. The zero-order valence-corrected chi connectivity index (χ0v) is 15.6. The zero-order valence-electron chi connectivity index (χ0n) is 14.1. The monoisotopic (exact) mass is 380 g/mol. The molecule has 0 unspecified atom stereocenters. The van der Waals surface area contributed by atoms with Gasteiger partial charge in [-0.1, -0.05) is 29.3 Å². The number of anilines is 2. The normalized spacial score (nSPS) is 10.3. The second-order valence-corrected chi connectivity index (χ2v) is 6.23. The number of ether oxygens (including phenoxy) is 1. The van der Waals surface area contributed by atoms with Gasteiger partial charge < -0.3 is 15.0 Å². The Kier molecular flexibility index (Phi) is 6.28. The molecule has 0 aliphatic carbocycles. The van der Waals surface area contributed by atoms with Crippen LogP contribution in [0.3, 0.4) is 0 Å². The summed E-state index contributed by atoms with van der Waals surface area (Å²) in [5.74, 6) is -0.167. The second kappa shape index (κ2) is 8.23. The number of carbonyl (C=O) groups excluding carboxylic acids is 2. The lowest BCUT2D eigenvalue weighted by molar-refractivity contribution is -0.120. The molecule has 2 rings (SSSR count). The van der Waals surface area contributed by atoms with Crippen LogP contribution in [-0.2, 0) is 9.59 Å². The Morgan fingerprint density at radius 3 is 2.56 bits per heavy atom. The molecule has 0 aromatic heterocycles. The Hall–Kier alpha value is -2.24. The van der Waals surface area contributed by atoms with Crippen molar-refractivity contribution in [3.05, 3.63) is 52.0 Å². The number of nitrogens with zero attached hydrogens (tertiary/aromatic N) is 1. The summed E-state index contributed by atoms with van der Waals surface area (Å²) < 4.78 is 5.20. The van der Waals surface area contributed by atoms with E-state index in [4.69, 9.17) is 27.9 Å². The van der Waals surface area contributed by atoms with E-state index < -0.39 is 0 Å². The van der Waals surface area contributed by atoms with Crippen LogP contribution in [0.2, 0.25) is 10.0 Å². The molecule has 0 fully saturated rings. The number of rotatable bonds is 5. The van der Waals surface area contributed by atoms with Gasteiger partial charge in [-0.25, -0.2) is 0 Å². The molecule has 0 saturated heterocycles. The molecule has 0 heterocycles. The number of benzene rings is 2. The summed E-state index contributed by atoms with van der Waals surface area (Å²) in [7, 11) is 1.50. The number of amides is 2. The molecule has 1 N–H and O–H groups in total. The molecule has 0 aliphatic rings. The molecule has 2 amide bonds. The molecule has 5 nitrogen and oxygen atoms in total. The summed E-state index contributed by atoms with van der Waals surface area (Å²) in [6.07, 6.45) is 0. The van der Waals surface area contributed by atoms with Gasteiger partial charge >= 0.3 is 0 Å². The first-order valence-corrected chi connectivity index (χ1v) is 8.25. The van der Waals surface area contributed by atoms with Gasteiger partial charge in [0.25, 0.3) is 0 Å². The van der Waals surface area contributed by atoms with Crippen molar-refractivity contribution in [2.24, 2.45) is 0 Å². The third kappa shape index (κ3) is 4.65. The van der Waals surface area contributed by atoms with Crippen LogP contribution in [0, 0.1) is 6.92 Å². The Morgan fingerprint density at radius 1 is 1.20 bits per heavy atom. The highest BCUT2D eigenvalue weighted by atomic mass is 35.5. The fraction of sp³-hybridized carbons (Fsp3) is 0.222. The van der Waals surface area contributed by atoms with Crippen LogP contribution in [0.25, 0.3) is 0 Å². The summed E-state index contributed by atoms with van der Waals surface area (Å²) >= 11 is 12.1. The maximum absolute atomic E-state index is 12.4. The average Bonchev–Trinajstić information content (AvgIpc) is 2.55. The Bertz CT molecular complexity index is 809. The van der Waals surface area contributed by atoms with Gasteiger partial charge in [0.15, 0.2) is 0 Å². The summed E-state index contributed by atoms with van der Waals surface area (Å²) in [5, 5.41) is 3.71. The molecule has 132 valence electrons. The first-order chi connectivity index (χ1) is 11.8. The molecule has 0 spiro atoms. The molecule has 0 aliphatic heterocycles. The van der Waals surface area contributed by atoms with Crippen molar-refractivity contribution in [3.63, 3.8) is 0 Å². The number of nitrogens with one attached hydrogen (secondary N) is 1. The predicted molar refractivity (Wildman–Crippen MR) is 101 cm³/mol. The smallest absolute Gasteiger partial charge is 0.244 e. The van der Waals surface area contributed by atoms with Gasteiger partial charge in [0, 0.05) is 22.7 Å². The summed E-state index contributed by atoms with van der Waals surface area (Å²) in [6, 6.07) is 10.1. The minimum Gasteiger partial charge on any atom is -0.495 e. The summed E-state index contributed by atoms with van der Waals surface area (Å²) in [4.78, 5) is 25.8. The number of carbonyl (C=O) groups is 2. The van der Waals surface area contributed by atoms with E-state index in [1.165, 1.54) is 18.9 Å². The molecular formula is C18H18Cl2N2O3. The maximum Gasteiger partial charge on any atom is 0.244 e. The van der Waals surface area contributed by atoms with Gasteiger partial charge in [0.1, 0.15) is 12.3 Å². The van der Waals surface area contributed by atoms with Crippen molar-refractivity contribution >= 4 is 46.4 Å². The topological polar surface area (TPSA) is 58.6 Å². The lowest BCUT2D eigenvalue weighted by Gasteiger charge is -2.23. The van der Waals surface area contributed by atoms with Crippen molar-refractivity contribution in [2.45, 2.75) is 13.8 Å². The number of methoxy groups -OCH3 is 1. The van der Waals surface area contributed by atoms with Crippen LogP contribution in [0.15, 0.2) is 36.4 Å². The molecule has 0 radical (unpaired) electrons. The molecular weight excluding hydrogens is 363 g/mol. The minimum atomic E-state index is -0.379. The van der Waals surface area contributed by atoms with Crippen LogP contribution in [0.5, 0.6) is 5.75 Å². The van der Waals surface area contributed by atoms with Gasteiger partial charge in [-0.3, -0.25) is 9.59 Å². The second-order valence-electron chi connectivity index (χ2n) is 5.38. The molecule has 0 saturated carbocycles. The largest absolute Gasteiger partial charge is 0.495 e. The van der Waals surface area contributed by atoms with Crippen LogP contribution >= 0.6 is 23.2 Å². The van der Waals surface area contributed by atoms with E-state index in [1.54, 1.807) is 43.3 Å². The van der Waals surface area contributed by atoms with Gasteiger partial charge in [-0.15, -0.1) is 0 Å². The summed E-state index contributed by atoms with van der Waals surface area (Å²) in [6.45, 7) is 3.03. The number of hydrogen-bond acceptors (Lipinski definition) is 3. The fourth-order valence-corrected chi connectivity index (χ4v) is 2.71. The van der Waals surface area contributed by atoms with E-state index in [2.05, 4.69) is 5.32 Å². The molecule has 2 aromatic carbocycles. The van der Waals surface area contributed by atoms with Crippen LogP contribution in [0.4, 0.5) is 11.4 Å². The van der Waals surface area contributed by atoms with Gasteiger partial charge in [0.2, 0.25) is 11.8 Å². The maximum atomic E-state index is 12.4.